The van der Waals surface area contributed by atoms with E-state index in [0.717, 1.165) is 0 Å². The Kier molecular flexibility index (Phi) is 4.33. The lowest BCUT2D eigenvalue weighted by Crippen LogP contribution is -2.37. The van der Waals surface area contributed by atoms with Crippen molar-refractivity contribution in [1.82, 2.24) is 5.32 Å². The van der Waals surface area contributed by atoms with Gasteiger partial charge in [0.1, 0.15) is 0 Å². The smallest absolute Gasteiger partial charge is 0.310 e. The maximum atomic E-state index is 11.6. The van der Waals surface area contributed by atoms with E-state index in [-0.39, 0.29) is 12.3 Å². The highest BCUT2D eigenvalue weighted by molar-refractivity contribution is 5.84. The Morgan fingerprint density at radius 2 is 1.88 bits per heavy atom. The molecule has 1 saturated carbocycles. The molecule has 0 aliphatic heterocycles. The van der Waals surface area contributed by atoms with Crippen LogP contribution in [0.25, 0.3) is 0 Å². The van der Waals surface area contributed by atoms with Gasteiger partial charge in [-0.25, -0.2) is 0 Å². The predicted molar refractivity (Wildman–Crippen MR) is 61.0 cm³/mol. The van der Waals surface area contributed by atoms with Crippen LogP contribution in [0.3, 0.4) is 0 Å². The summed E-state index contributed by atoms with van der Waals surface area (Å²) in [6.45, 7) is 4.36. The molecular weight excluding hydrogens is 206 g/mol. The summed E-state index contributed by atoms with van der Waals surface area (Å²) >= 11 is 0. The van der Waals surface area contributed by atoms with Crippen molar-refractivity contribution in [3.63, 3.8) is 0 Å². The molecular formula is C12H21NO3. The third-order valence-electron chi connectivity index (χ3n) is 3.59. The van der Waals surface area contributed by atoms with Gasteiger partial charge >= 0.3 is 5.97 Å². The number of hydrogen-bond acceptors (Lipinski definition) is 2. The monoisotopic (exact) mass is 227 g/mol. The normalized spacial score (nSPS) is 15.9. The van der Waals surface area contributed by atoms with Crippen molar-refractivity contribution in [3.8, 4) is 0 Å². The predicted octanol–water partition coefficient (Wildman–Crippen LogP) is 1.79. The summed E-state index contributed by atoms with van der Waals surface area (Å²) in [7, 11) is 0. The van der Waals surface area contributed by atoms with Crippen LogP contribution in [0, 0.1) is 11.3 Å². The summed E-state index contributed by atoms with van der Waals surface area (Å²) in [4.78, 5) is 22.8. The summed E-state index contributed by atoms with van der Waals surface area (Å²) in [5.74, 6) is -0.358. The fourth-order valence-corrected chi connectivity index (χ4v) is 1.83. The first-order valence-corrected chi connectivity index (χ1v) is 6.04. The van der Waals surface area contributed by atoms with Crippen molar-refractivity contribution in [3.05, 3.63) is 0 Å². The fourth-order valence-electron chi connectivity index (χ4n) is 1.83. The van der Waals surface area contributed by atoms with Gasteiger partial charge in [0.15, 0.2) is 0 Å². The molecule has 0 aromatic heterocycles. The number of carbonyl (C=O) groups is 2. The highest BCUT2D eigenvalue weighted by atomic mass is 16.4. The van der Waals surface area contributed by atoms with E-state index in [1.165, 1.54) is 12.8 Å². The summed E-state index contributed by atoms with van der Waals surface area (Å²) in [5.41, 5.74) is -0.881. The number of carbonyl (C=O) groups excluding carboxylic acids is 1. The van der Waals surface area contributed by atoms with Crippen LogP contribution < -0.4 is 5.32 Å². The molecule has 0 atom stereocenters. The Hall–Kier alpha value is -1.06. The first kappa shape index (κ1) is 13.0. The lowest BCUT2D eigenvalue weighted by molar-refractivity contribution is -0.152. The summed E-state index contributed by atoms with van der Waals surface area (Å²) < 4.78 is 0. The molecule has 0 spiro atoms. The van der Waals surface area contributed by atoms with Gasteiger partial charge in [-0.1, -0.05) is 13.8 Å². The Balaban J connectivity index is 2.45. The quantitative estimate of drug-likeness (QED) is 0.697. The van der Waals surface area contributed by atoms with Crippen LogP contribution in [0.4, 0.5) is 0 Å². The fraction of sp³-hybridized carbons (Fsp3) is 0.833. The largest absolute Gasteiger partial charge is 0.481 e. The zero-order valence-electron chi connectivity index (χ0n) is 10.1. The van der Waals surface area contributed by atoms with Crippen LogP contribution in [0.5, 0.6) is 0 Å². The van der Waals surface area contributed by atoms with Crippen LogP contribution in [-0.4, -0.2) is 23.5 Å². The van der Waals surface area contributed by atoms with E-state index in [1.54, 1.807) is 0 Å². The Morgan fingerprint density at radius 3 is 2.25 bits per heavy atom. The lowest BCUT2D eigenvalue weighted by Gasteiger charge is -2.25. The van der Waals surface area contributed by atoms with E-state index in [0.29, 0.717) is 25.3 Å². The Morgan fingerprint density at radius 1 is 1.31 bits per heavy atom. The highest BCUT2D eigenvalue weighted by Gasteiger charge is 2.37. The number of carboxylic acid groups (broad SMARTS) is 1. The zero-order valence-corrected chi connectivity index (χ0v) is 10.1. The molecule has 0 bridgehead atoms. The highest BCUT2D eigenvalue weighted by Crippen LogP contribution is 2.31. The maximum absolute atomic E-state index is 11.6. The van der Waals surface area contributed by atoms with Crippen molar-refractivity contribution in [2.75, 3.05) is 6.54 Å². The molecule has 0 aromatic carbocycles. The topological polar surface area (TPSA) is 66.4 Å². The number of nitrogens with one attached hydrogen (secondary N) is 1. The molecule has 0 unspecified atom stereocenters. The molecule has 1 amide bonds. The third kappa shape index (κ3) is 3.22. The first-order chi connectivity index (χ1) is 7.54. The molecule has 0 heterocycles. The van der Waals surface area contributed by atoms with Gasteiger partial charge in [-0.15, -0.1) is 0 Å². The van der Waals surface area contributed by atoms with Gasteiger partial charge < -0.3 is 10.4 Å². The van der Waals surface area contributed by atoms with Gasteiger partial charge in [-0.3, -0.25) is 9.59 Å². The van der Waals surface area contributed by atoms with E-state index in [4.69, 9.17) is 0 Å². The first-order valence-electron chi connectivity index (χ1n) is 6.04. The van der Waals surface area contributed by atoms with Gasteiger partial charge in [-0.2, -0.15) is 0 Å². The Labute approximate surface area is 96.4 Å². The standard InChI is InChI=1S/C12H21NO3/c1-3-12(4-2,11(15)16)7-10(14)13-8-9-5-6-9/h9H,3-8H2,1-2H3,(H,13,14)(H,15,16). The number of hydrogen-bond donors (Lipinski definition) is 2. The minimum Gasteiger partial charge on any atom is -0.481 e. The Bertz CT molecular complexity index is 267. The second-order valence-electron chi connectivity index (χ2n) is 4.72. The molecule has 4 nitrogen and oxygen atoms in total. The summed E-state index contributed by atoms with van der Waals surface area (Å²) in [6, 6.07) is 0. The molecule has 1 aliphatic carbocycles. The number of rotatable bonds is 7. The van der Waals surface area contributed by atoms with E-state index in [9.17, 15) is 14.7 Å². The molecule has 1 fully saturated rings. The van der Waals surface area contributed by atoms with Crippen LogP contribution in [0.15, 0.2) is 0 Å². The lowest BCUT2D eigenvalue weighted by atomic mass is 9.79. The van der Waals surface area contributed by atoms with Crippen LogP contribution >= 0.6 is 0 Å². The van der Waals surface area contributed by atoms with Crippen molar-refractivity contribution in [1.29, 1.82) is 0 Å². The second-order valence-corrected chi connectivity index (χ2v) is 4.72. The molecule has 0 aromatic rings. The minimum absolute atomic E-state index is 0.0993. The molecule has 0 saturated heterocycles. The van der Waals surface area contributed by atoms with Crippen molar-refractivity contribution in [2.45, 2.75) is 46.0 Å². The zero-order chi connectivity index (χ0) is 12.2. The van der Waals surface area contributed by atoms with Gasteiger partial charge in [0.05, 0.1) is 5.41 Å². The van der Waals surface area contributed by atoms with E-state index < -0.39 is 11.4 Å². The van der Waals surface area contributed by atoms with Gasteiger partial charge in [0.25, 0.3) is 0 Å². The van der Waals surface area contributed by atoms with Crippen molar-refractivity contribution < 1.29 is 14.7 Å². The van der Waals surface area contributed by atoms with Crippen molar-refractivity contribution in [2.24, 2.45) is 11.3 Å². The molecule has 92 valence electrons. The SMILES string of the molecule is CCC(CC)(CC(=O)NCC1CC1)C(=O)O. The average molecular weight is 227 g/mol. The molecule has 4 heteroatoms. The van der Waals surface area contributed by atoms with Crippen LogP contribution in [-0.2, 0) is 9.59 Å². The average Bonchev–Trinajstić information content (AvgIpc) is 3.06. The van der Waals surface area contributed by atoms with E-state index in [2.05, 4.69) is 5.32 Å². The molecule has 1 rings (SSSR count). The van der Waals surface area contributed by atoms with Gasteiger partial charge in [0, 0.05) is 13.0 Å². The molecule has 16 heavy (non-hydrogen) atoms. The van der Waals surface area contributed by atoms with Crippen molar-refractivity contribution >= 4 is 11.9 Å². The van der Waals surface area contributed by atoms with Gasteiger partial charge in [0.2, 0.25) is 5.91 Å². The number of aliphatic carboxylic acids is 1. The van der Waals surface area contributed by atoms with E-state index >= 15 is 0 Å². The van der Waals surface area contributed by atoms with E-state index in [1.807, 2.05) is 13.8 Å². The molecule has 0 radical (unpaired) electrons. The summed E-state index contributed by atoms with van der Waals surface area (Å²) in [6.07, 6.45) is 3.46. The minimum atomic E-state index is -0.881. The summed E-state index contributed by atoms with van der Waals surface area (Å²) in [5, 5.41) is 12.0. The number of carboxylic acids is 1. The molecule has 2 N–H and O–H groups in total. The molecule has 1 aliphatic rings. The second kappa shape index (κ2) is 5.32. The van der Waals surface area contributed by atoms with Gasteiger partial charge in [-0.05, 0) is 31.6 Å². The van der Waals surface area contributed by atoms with Crippen LogP contribution in [0.1, 0.15) is 46.0 Å². The van der Waals surface area contributed by atoms with Crippen LogP contribution in [0.2, 0.25) is 0 Å². The third-order valence-corrected chi connectivity index (χ3v) is 3.59. The maximum Gasteiger partial charge on any atom is 0.310 e. The number of amides is 1.